The van der Waals surface area contributed by atoms with E-state index in [0.717, 1.165) is 17.2 Å². The molecule has 1 aliphatic heterocycles. The van der Waals surface area contributed by atoms with Crippen LogP contribution < -0.4 is 0 Å². The summed E-state index contributed by atoms with van der Waals surface area (Å²) < 4.78 is 0.638. The van der Waals surface area contributed by atoms with E-state index in [9.17, 15) is 4.79 Å². The number of hydrogen-bond donors (Lipinski definition) is 1. The van der Waals surface area contributed by atoms with Gasteiger partial charge in [0.1, 0.15) is 0 Å². The number of aromatic carboxylic acids is 1. The Balaban J connectivity index is 1.88. The van der Waals surface area contributed by atoms with E-state index in [1.54, 1.807) is 17.8 Å². The summed E-state index contributed by atoms with van der Waals surface area (Å²) in [6.07, 6.45) is 2.62. The van der Waals surface area contributed by atoms with Crippen molar-refractivity contribution in [3.8, 4) is 0 Å². The fourth-order valence-electron chi connectivity index (χ4n) is 2.06. The Kier molecular flexibility index (Phi) is 5.09. The van der Waals surface area contributed by atoms with Gasteiger partial charge in [0.2, 0.25) is 0 Å². The van der Waals surface area contributed by atoms with Crippen LogP contribution in [0.2, 0.25) is 0 Å². The summed E-state index contributed by atoms with van der Waals surface area (Å²) in [6, 6.07) is 5.51. The maximum absolute atomic E-state index is 11.0. The van der Waals surface area contributed by atoms with Crippen LogP contribution in [0.15, 0.2) is 27.6 Å². The lowest BCUT2D eigenvalue weighted by atomic mass is 10.2. The standard InChI is InChI=1S/C13H16BrNO2S/c14-12-4-3-10(9-11(12)13(16)17)18-8-7-15-5-1-2-6-15/h3-4,9H,1-2,5-8H2,(H,16,17). The molecule has 2 rings (SSSR count). The third-order valence-electron chi connectivity index (χ3n) is 3.04. The van der Waals surface area contributed by atoms with E-state index in [1.165, 1.54) is 25.9 Å². The second-order valence-corrected chi connectivity index (χ2v) is 6.37. The summed E-state index contributed by atoms with van der Waals surface area (Å²) in [5.74, 6) is 0.129. The van der Waals surface area contributed by atoms with Crippen molar-refractivity contribution in [2.75, 3.05) is 25.4 Å². The Hall–Kier alpha value is -0.520. The Morgan fingerprint density at radius 1 is 1.39 bits per heavy atom. The summed E-state index contributed by atoms with van der Waals surface area (Å²) in [6.45, 7) is 3.51. The number of carboxylic acid groups (broad SMARTS) is 1. The van der Waals surface area contributed by atoms with Crippen LogP contribution in [0, 0.1) is 0 Å². The fraction of sp³-hybridized carbons (Fsp3) is 0.462. The normalized spacial score (nSPS) is 16.1. The van der Waals surface area contributed by atoms with Crippen LogP contribution in [0.4, 0.5) is 0 Å². The molecular formula is C13H16BrNO2S. The van der Waals surface area contributed by atoms with Gasteiger partial charge in [-0.3, -0.25) is 0 Å². The lowest BCUT2D eigenvalue weighted by Crippen LogP contribution is -2.21. The first kappa shape index (κ1) is 13.9. The van der Waals surface area contributed by atoms with Gasteiger partial charge in [-0.05, 0) is 60.1 Å². The number of halogens is 1. The van der Waals surface area contributed by atoms with Crippen LogP contribution in [-0.4, -0.2) is 41.4 Å². The van der Waals surface area contributed by atoms with E-state index >= 15 is 0 Å². The molecule has 1 N–H and O–H groups in total. The molecule has 1 heterocycles. The quantitative estimate of drug-likeness (QED) is 0.841. The minimum Gasteiger partial charge on any atom is -0.478 e. The molecule has 0 aliphatic carbocycles. The third kappa shape index (κ3) is 3.73. The molecule has 0 radical (unpaired) electrons. The largest absolute Gasteiger partial charge is 0.478 e. The van der Waals surface area contributed by atoms with Crippen molar-refractivity contribution >= 4 is 33.7 Å². The molecule has 0 amide bonds. The lowest BCUT2D eigenvalue weighted by Gasteiger charge is -2.13. The molecule has 98 valence electrons. The number of nitrogens with zero attached hydrogens (tertiary/aromatic N) is 1. The number of carboxylic acids is 1. The van der Waals surface area contributed by atoms with E-state index in [4.69, 9.17) is 5.11 Å². The van der Waals surface area contributed by atoms with Gasteiger partial charge in [0.25, 0.3) is 0 Å². The smallest absolute Gasteiger partial charge is 0.336 e. The van der Waals surface area contributed by atoms with Gasteiger partial charge < -0.3 is 10.0 Å². The van der Waals surface area contributed by atoms with Crippen molar-refractivity contribution < 1.29 is 9.90 Å². The molecule has 5 heteroatoms. The first-order valence-corrected chi connectivity index (χ1v) is 7.82. The summed E-state index contributed by atoms with van der Waals surface area (Å²) >= 11 is 4.98. The Morgan fingerprint density at radius 2 is 2.11 bits per heavy atom. The molecule has 1 aliphatic rings. The van der Waals surface area contributed by atoms with E-state index in [1.807, 2.05) is 12.1 Å². The minimum atomic E-state index is -0.885. The zero-order chi connectivity index (χ0) is 13.0. The molecule has 0 atom stereocenters. The molecule has 1 aromatic rings. The van der Waals surface area contributed by atoms with Gasteiger partial charge in [0, 0.05) is 21.7 Å². The number of hydrogen-bond acceptors (Lipinski definition) is 3. The van der Waals surface area contributed by atoms with Crippen molar-refractivity contribution in [1.29, 1.82) is 0 Å². The summed E-state index contributed by atoms with van der Waals surface area (Å²) in [4.78, 5) is 14.5. The van der Waals surface area contributed by atoms with Gasteiger partial charge in [-0.2, -0.15) is 0 Å². The molecular weight excluding hydrogens is 314 g/mol. The highest BCUT2D eigenvalue weighted by molar-refractivity contribution is 9.10. The zero-order valence-corrected chi connectivity index (χ0v) is 12.5. The molecule has 0 unspecified atom stereocenters. The van der Waals surface area contributed by atoms with Gasteiger partial charge >= 0.3 is 5.97 Å². The van der Waals surface area contributed by atoms with E-state index in [2.05, 4.69) is 20.8 Å². The predicted octanol–water partition coefficient (Wildman–Crippen LogP) is 3.34. The predicted molar refractivity (Wildman–Crippen MR) is 77.5 cm³/mol. The molecule has 1 aromatic carbocycles. The monoisotopic (exact) mass is 329 g/mol. The topological polar surface area (TPSA) is 40.5 Å². The number of benzene rings is 1. The van der Waals surface area contributed by atoms with Gasteiger partial charge in [-0.1, -0.05) is 0 Å². The number of carbonyl (C=O) groups is 1. The van der Waals surface area contributed by atoms with E-state index < -0.39 is 5.97 Å². The second-order valence-electron chi connectivity index (χ2n) is 4.34. The molecule has 0 spiro atoms. The van der Waals surface area contributed by atoms with Crippen molar-refractivity contribution in [2.24, 2.45) is 0 Å². The summed E-state index contributed by atoms with van der Waals surface area (Å²) in [5, 5.41) is 9.04. The first-order valence-electron chi connectivity index (χ1n) is 6.05. The van der Waals surface area contributed by atoms with Crippen LogP contribution >= 0.6 is 27.7 Å². The average molecular weight is 330 g/mol. The summed E-state index contributed by atoms with van der Waals surface area (Å²) in [7, 11) is 0. The highest BCUT2D eigenvalue weighted by Gasteiger charge is 2.12. The van der Waals surface area contributed by atoms with Crippen molar-refractivity contribution in [3.63, 3.8) is 0 Å². The van der Waals surface area contributed by atoms with Gasteiger partial charge in [-0.15, -0.1) is 11.8 Å². The molecule has 0 bridgehead atoms. The molecule has 0 aromatic heterocycles. The molecule has 3 nitrogen and oxygen atoms in total. The first-order chi connectivity index (χ1) is 8.66. The van der Waals surface area contributed by atoms with E-state index in [-0.39, 0.29) is 0 Å². The SMILES string of the molecule is O=C(O)c1cc(SCCN2CCCC2)ccc1Br. The van der Waals surface area contributed by atoms with E-state index in [0.29, 0.717) is 10.0 Å². The van der Waals surface area contributed by atoms with Crippen LogP contribution in [0.25, 0.3) is 0 Å². The second kappa shape index (κ2) is 6.59. The van der Waals surface area contributed by atoms with Gasteiger partial charge in [0.15, 0.2) is 0 Å². The van der Waals surface area contributed by atoms with Crippen LogP contribution in [0.1, 0.15) is 23.2 Å². The average Bonchev–Trinajstić information content (AvgIpc) is 2.84. The van der Waals surface area contributed by atoms with Crippen LogP contribution in [-0.2, 0) is 0 Å². The Morgan fingerprint density at radius 3 is 2.78 bits per heavy atom. The Bertz CT molecular complexity index is 433. The third-order valence-corrected chi connectivity index (χ3v) is 4.71. The minimum absolute atomic E-state index is 0.334. The van der Waals surface area contributed by atoms with Gasteiger partial charge in [0.05, 0.1) is 5.56 Å². The number of thioether (sulfide) groups is 1. The molecule has 1 fully saturated rings. The Labute approximate surface area is 120 Å². The van der Waals surface area contributed by atoms with Crippen LogP contribution in [0.5, 0.6) is 0 Å². The van der Waals surface area contributed by atoms with Crippen molar-refractivity contribution in [2.45, 2.75) is 17.7 Å². The summed E-state index contributed by atoms with van der Waals surface area (Å²) in [5.41, 5.74) is 0.334. The molecule has 18 heavy (non-hydrogen) atoms. The van der Waals surface area contributed by atoms with Crippen molar-refractivity contribution in [3.05, 3.63) is 28.2 Å². The van der Waals surface area contributed by atoms with Crippen LogP contribution in [0.3, 0.4) is 0 Å². The van der Waals surface area contributed by atoms with Crippen molar-refractivity contribution in [1.82, 2.24) is 4.90 Å². The molecule has 0 saturated carbocycles. The number of likely N-dealkylation sites (tertiary alicyclic amines) is 1. The molecule has 1 saturated heterocycles. The fourth-order valence-corrected chi connectivity index (χ4v) is 3.42. The lowest BCUT2D eigenvalue weighted by molar-refractivity contribution is 0.0695. The highest BCUT2D eigenvalue weighted by Crippen LogP contribution is 2.25. The van der Waals surface area contributed by atoms with Gasteiger partial charge in [-0.25, -0.2) is 4.79 Å². The highest BCUT2D eigenvalue weighted by atomic mass is 79.9. The zero-order valence-electron chi connectivity index (χ0n) is 10.1. The number of rotatable bonds is 5. The maximum atomic E-state index is 11.0. The maximum Gasteiger partial charge on any atom is 0.336 e.